The fourth-order valence-electron chi connectivity index (χ4n) is 4.68. The summed E-state index contributed by atoms with van der Waals surface area (Å²) in [5.41, 5.74) is 8.05. The van der Waals surface area contributed by atoms with Gasteiger partial charge in [0, 0.05) is 5.39 Å². The normalized spacial score (nSPS) is 12.3. The molecule has 0 atom stereocenters. The predicted molar refractivity (Wildman–Crippen MR) is 117 cm³/mol. The Labute approximate surface area is 163 Å². The van der Waals surface area contributed by atoms with Crippen LogP contribution in [0.5, 0.6) is 5.75 Å². The lowest BCUT2D eigenvalue weighted by Gasteiger charge is -2.12. The molecular formula is C27H18O. The smallest absolute Gasteiger partial charge is 0.124 e. The van der Waals surface area contributed by atoms with Gasteiger partial charge in [0.15, 0.2) is 0 Å². The summed E-state index contributed by atoms with van der Waals surface area (Å²) >= 11 is 0. The zero-order valence-corrected chi connectivity index (χ0v) is 15.3. The number of hydrogen-bond donors (Lipinski definition) is 1. The molecule has 0 amide bonds. The highest BCUT2D eigenvalue weighted by molar-refractivity contribution is 6.11. The Balaban J connectivity index is 1.61. The molecule has 0 unspecified atom stereocenters. The van der Waals surface area contributed by atoms with Crippen LogP contribution in [-0.2, 0) is 6.42 Å². The predicted octanol–water partition coefficient (Wildman–Crippen LogP) is 6.94. The van der Waals surface area contributed by atoms with Crippen molar-refractivity contribution in [3.05, 3.63) is 102 Å². The van der Waals surface area contributed by atoms with Crippen LogP contribution in [0.2, 0.25) is 0 Å². The molecule has 0 spiro atoms. The van der Waals surface area contributed by atoms with Crippen molar-refractivity contribution in [3.63, 3.8) is 0 Å². The number of fused-ring (bicyclic) bond motifs is 6. The van der Waals surface area contributed by atoms with Gasteiger partial charge in [0.05, 0.1) is 0 Å². The molecule has 0 aliphatic heterocycles. The fourth-order valence-corrected chi connectivity index (χ4v) is 4.68. The molecule has 6 rings (SSSR count). The van der Waals surface area contributed by atoms with Gasteiger partial charge in [-0.1, -0.05) is 78.9 Å². The molecule has 0 radical (unpaired) electrons. The summed E-state index contributed by atoms with van der Waals surface area (Å²) in [5, 5.41) is 14.6. The number of phenols is 1. The summed E-state index contributed by atoms with van der Waals surface area (Å²) in [6, 6.07) is 31.8. The van der Waals surface area contributed by atoms with Crippen LogP contribution in [0, 0.1) is 0 Å². The fraction of sp³-hybridized carbons (Fsp3) is 0.0370. The van der Waals surface area contributed by atoms with Gasteiger partial charge in [-0.15, -0.1) is 0 Å². The first-order valence-corrected chi connectivity index (χ1v) is 9.64. The molecule has 28 heavy (non-hydrogen) atoms. The van der Waals surface area contributed by atoms with Crippen LogP contribution in [0.1, 0.15) is 11.1 Å². The van der Waals surface area contributed by atoms with Gasteiger partial charge in [0.25, 0.3) is 0 Å². The molecule has 0 heterocycles. The maximum atomic E-state index is 10.4. The molecule has 1 heteroatoms. The van der Waals surface area contributed by atoms with Gasteiger partial charge >= 0.3 is 0 Å². The topological polar surface area (TPSA) is 20.2 Å². The average molecular weight is 358 g/mol. The van der Waals surface area contributed by atoms with E-state index in [0.717, 1.165) is 22.6 Å². The van der Waals surface area contributed by atoms with Crippen LogP contribution in [0.25, 0.3) is 43.8 Å². The van der Waals surface area contributed by atoms with E-state index in [0.29, 0.717) is 5.75 Å². The Morgan fingerprint density at radius 1 is 0.571 bits per heavy atom. The molecule has 1 N–H and O–H groups in total. The van der Waals surface area contributed by atoms with Crippen LogP contribution < -0.4 is 0 Å². The van der Waals surface area contributed by atoms with Crippen LogP contribution in [-0.4, -0.2) is 5.11 Å². The standard InChI is InChI=1S/C27H18O/c28-27-16-19-13-12-18(14-25(19)23-8-3-4-9-24(23)27)21-10-5-11-22-20-7-2-1-6-17(20)15-26(21)22/h1-14,16,28H,15H2. The minimum atomic E-state index is 0.340. The first kappa shape index (κ1) is 15.5. The van der Waals surface area contributed by atoms with Crippen molar-refractivity contribution < 1.29 is 5.11 Å². The number of hydrogen-bond acceptors (Lipinski definition) is 1. The average Bonchev–Trinajstić information content (AvgIpc) is 3.13. The van der Waals surface area contributed by atoms with Gasteiger partial charge in [-0.05, 0) is 68.1 Å². The van der Waals surface area contributed by atoms with Crippen molar-refractivity contribution in [1.29, 1.82) is 0 Å². The van der Waals surface area contributed by atoms with Crippen molar-refractivity contribution in [3.8, 4) is 28.0 Å². The number of phenolic OH excluding ortho intramolecular Hbond substituents is 1. The minimum absolute atomic E-state index is 0.340. The van der Waals surface area contributed by atoms with Crippen LogP contribution in [0.4, 0.5) is 0 Å². The third-order valence-corrected chi connectivity index (χ3v) is 6.00. The van der Waals surface area contributed by atoms with Crippen molar-refractivity contribution in [1.82, 2.24) is 0 Å². The second-order valence-electron chi connectivity index (χ2n) is 7.54. The summed E-state index contributed by atoms with van der Waals surface area (Å²) in [7, 11) is 0. The molecule has 0 fully saturated rings. The lowest BCUT2D eigenvalue weighted by Crippen LogP contribution is -1.88. The van der Waals surface area contributed by atoms with Gasteiger partial charge in [0.1, 0.15) is 5.75 Å². The first-order chi connectivity index (χ1) is 13.8. The minimum Gasteiger partial charge on any atom is -0.507 e. The van der Waals surface area contributed by atoms with E-state index in [1.54, 1.807) is 0 Å². The Kier molecular flexibility index (Phi) is 3.15. The third kappa shape index (κ3) is 2.13. The Hall–Kier alpha value is -3.58. The highest BCUT2D eigenvalue weighted by Crippen LogP contribution is 2.42. The summed E-state index contributed by atoms with van der Waals surface area (Å²) in [4.78, 5) is 0. The highest BCUT2D eigenvalue weighted by Gasteiger charge is 2.21. The van der Waals surface area contributed by atoms with Crippen molar-refractivity contribution in [2.24, 2.45) is 0 Å². The molecule has 1 nitrogen and oxygen atoms in total. The summed E-state index contributed by atoms with van der Waals surface area (Å²) in [6.45, 7) is 0. The van der Waals surface area contributed by atoms with E-state index in [1.165, 1.54) is 38.8 Å². The SMILES string of the molecule is Oc1cc2ccc(-c3cccc4c3Cc3ccccc3-4)cc2c2ccccc12. The molecule has 0 aromatic heterocycles. The summed E-state index contributed by atoms with van der Waals surface area (Å²) in [6.07, 6.45) is 0.982. The van der Waals surface area contributed by atoms with E-state index < -0.39 is 0 Å². The Morgan fingerprint density at radius 2 is 1.32 bits per heavy atom. The summed E-state index contributed by atoms with van der Waals surface area (Å²) in [5.74, 6) is 0.340. The zero-order valence-electron chi connectivity index (χ0n) is 15.3. The van der Waals surface area contributed by atoms with E-state index in [1.807, 2.05) is 24.3 Å². The van der Waals surface area contributed by atoms with Crippen molar-refractivity contribution >= 4 is 21.5 Å². The van der Waals surface area contributed by atoms with E-state index in [2.05, 4.69) is 66.7 Å². The maximum Gasteiger partial charge on any atom is 0.124 e. The molecule has 132 valence electrons. The van der Waals surface area contributed by atoms with E-state index in [-0.39, 0.29) is 0 Å². The molecule has 0 bridgehead atoms. The zero-order chi connectivity index (χ0) is 18.7. The third-order valence-electron chi connectivity index (χ3n) is 6.00. The number of benzene rings is 5. The quantitative estimate of drug-likeness (QED) is 0.316. The Bertz CT molecular complexity index is 1390. The maximum absolute atomic E-state index is 10.4. The molecular weight excluding hydrogens is 340 g/mol. The number of aromatic hydroxyl groups is 1. The van der Waals surface area contributed by atoms with Gasteiger partial charge in [-0.25, -0.2) is 0 Å². The molecule has 0 saturated carbocycles. The first-order valence-electron chi connectivity index (χ1n) is 9.64. The van der Waals surface area contributed by atoms with Crippen LogP contribution in [0.3, 0.4) is 0 Å². The monoisotopic (exact) mass is 358 g/mol. The van der Waals surface area contributed by atoms with E-state index in [9.17, 15) is 5.11 Å². The van der Waals surface area contributed by atoms with Gasteiger partial charge < -0.3 is 5.11 Å². The molecule has 0 saturated heterocycles. The number of rotatable bonds is 1. The van der Waals surface area contributed by atoms with Crippen molar-refractivity contribution in [2.45, 2.75) is 6.42 Å². The van der Waals surface area contributed by atoms with E-state index >= 15 is 0 Å². The second-order valence-corrected chi connectivity index (χ2v) is 7.54. The molecule has 5 aromatic carbocycles. The lowest BCUT2D eigenvalue weighted by molar-refractivity contribution is 0.482. The van der Waals surface area contributed by atoms with Gasteiger partial charge in [-0.2, -0.15) is 0 Å². The molecule has 1 aliphatic carbocycles. The Morgan fingerprint density at radius 3 is 2.25 bits per heavy atom. The highest BCUT2D eigenvalue weighted by atomic mass is 16.3. The summed E-state index contributed by atoms with van der Waals surface area (Å²) < 4.78 is 0. The van der Waals surface area contributed by atoms with Crippen LogP contribution >= 0.6 is 0 Å². The second kappa shape index (κ2) is 5.71. The van der Waals surface area contributed by atoms with E-state index in [4.69, 9.17) is 0 Å². The molecule has 1 aliphatic rings. The largest absolute Gasteiger partial charge is 0.507 e. The van der Waals surface area contributed by atoms with Gasteiger partial charge in [0.2, 0.25) is 0 Å². The molecule has 5 aromatic rings. The van der Waals surface area contributed by atoms with Crippen LogP contribution in [0.15, 0.2) is 91.0 Å². The lowest BCUT2D eigenvalue weighted by atomic mass is 9.92. The van der Waals surface area contributed by atoms with Crippen molar-refractivity contribution in [2.75, 3.05) is 0 Å². The van der Waals surface area contributed by atoms with Gasteiger partial charge in [-0.3, -0.25) is 0 Å².